The maximum Gasteiger partial charge on any atom is 0.266 e. The number of hydrogen-bond donors (Lipinski definition) is 1. The third kappa shape index (κ3) is 4.05. The number of aryl methyl sites for hydroxylation is 1. The number of nitriles is 1. The van der Waals surface area contributed by atoms with Crippen molar-refractivity contribution in [2.45, 2.75) is 13.3 Å². The highest BCUT2D eigenvalue weighted by Crippen LogP contribution is 2.12. The van der Waals surface area contributed by atoms with Crippen molar-refractivity contribution in [3.63, 3.8) is 0 Å². The second kappa shape index (κ2) is 7.06. The molecule has 3 heteroatoms. The Hall–Kier alpha value is -2.86. The van der Waals surface area contributed by atoms with Gasteiger partial charge < -0.3 is 5.32 Å². The van der Waals surface area contributed by atoms with Crippen LogP contribution in [0.4, 0.5) is 5.69 Å². The number of benzene rings is 2. The largest absolute Gasteiger partial charge is 0.321 e. The van der Waals surface area contributed by atoms with Gasteiger partial charge in [0.1, 0.15) is 11.6 Å². The Morgan fingerprint density at radius 3 is 2.38 bits per heavy atom. The van der Waals surface area contributed by atoms with Crippen LogP contribution >= 0.6 is 0 Å². The average Bonchev–Trinajstić information content (AvgIpc) is 2.54. The van der Waals surface area contributed by atoms with E-state index in [0.717, 1.165) is 12.0 Å². The number of anilines is 1. The van der Waals surface area contributed by atoms with Crippen LogP contribution in [0.5, 0.6) is 0 Å². The Morgan fingerprint density at radius 1 is 1.14 bits per heavy atom. The fourth-order valence-electron chi connectivity index (χ4n) is 1.89. The Labute approximate surface area is 124 Å². The summed E-state index contributed by atoms with van der Waals surface area (Å²) in [6.45, 7) is 2.07. The van der Waals surface area contributed by atoms with Crippen molar-refractivity contribution < 1.29 is 4.79 Å². The van der Waals surface area contributed by atoms with Crippen LogP contribution in [0.15, 0.2) is 60.2 Å². The summed E-state index contributed by atoms with van der Waals surface area (Å²) in [7, 11) is 0. The topological polar surface area (TPSA) is 52.9 Å². The van der Waals surface area contributed by atoms with Gasteiger partial charge in [-0.25, -0.2) is 0 Å². The smallest absolute Gasteiger partial charge is 0.266 e. The van der Waals surface area contributed by atoms with E-state index in [9.17, 15) is 4.79 Å². The van der Waals surface area contributed by atoms with Gasteiger partial charge >= 0.3 is 0 Å². The molecule has 0 aliphatic rings. The lowest BCUT2D eigenvalue weighted by atomic mass is 10.1. The number of carbonyl (C=O) groups excluding carboxylic acids is 1. The number of nitrogens with zero attached hydrogens (tertiary/aromatic N) is 1. The molecule has 0 bridgehead atoms. The van der Waals surface area contributed by atoms with E-state index in [1.165, 1.54) is 5.56 Å². The minimum atomic E-state index is -0.398. The van der Waals surface area contributed by atoms with E-state index < -0.39 is 5.91 Å². The lowest BCUT2D eigenvalue weighted by molar-refractivity contribution is -0.112. The lowest BCUT2D eigenvalue weighted by Crippen LogP contribution is -2.13. The maximum atomic E-state index is 12.1. The monoisotopic (exact) mass is 276 g/mol. The summed E-state index contributed by atoms with van der Waals surface area (Å²) >= 11 is 0. The summed E-state index contributed by atoms with van der Waals surface area (Å²) in [4.78, 5) is 12.1. The van der Waals surface area contributed by atoms with Crippen LogP contribution in [0.3, 0.4) is 0 Å². The Balaban J connectivity index is 2.13. The molecule has 0 radical (unpaired) electrons. The molecule has 0 fully saturated rings. The average molecular weight is 276 g/mol. The molecule has 2 aromatic carbocycles. The van der Waals surface area contributed by atoms with E-state index in [2.05, 4.69) is 12.2 Å². The number of nitrogens with one attached hydrogen (secondary N) is 1. The predicted molar refractivity (Wildman–Crippen MR) is 84.5 cm³/mol. The van der Waals surface area contributed by atoms with Crippen molar-refractivity contribution in [1.29, 1.82) is 5.26 Å². The van der Waals surface area contributed by atoms with Gasteiger partial charge in [-0.3, -0.25) is 4.79 Å². The molecule has 0 aromatic heterocycles. The molecule has 3 nitrogen and oxygen atoms in total. The first-order valence-electron chi connectivity index (χ1n) is 6.80. The quantitative estimate of drug-likeness (QED) is 0.682. The minimum Gasteiger partial charge on any atom is -0.321 e. The minimum absolute atomic E-state index is 0.0840. The first-order chi connectivity index (χ1) is 10.2. The SMILES string of the molecule is CCc1ccc(NC(=O)/C(C#N)=C/c2ccccc2)cc1. The molecule has 0 spiro atoms. The summed E-state index contributed by atoms with van der Waals surface area (Å²) in [5.74, 6) is -0.398. The number of carbonyl (C=O) groups is 1. The zero-order valence-corrected chi connectivity index (χ0v) is 11.8. The van der Waals surface area contributed by atoms with E-state index in [1.54, 1.807) is 6.08 Å². The van der Waals surface area contributed by atoms with E-state index in [-0.39, 0.29) is 5.57 Å². The Bertz CT molecular complexity index is 679. The highest BCUT2D eigenvalue weighted by atomic mass is 16.1. The van der Waals surface area contributed by atoms with Gasteiger partial charge in [0.25, 0.3) is 5.91 Å². The molecule has 21 heavy (non-hydrogen) atoms. The molecule has 0 atom stereocenters. The molecule has 2 rings (SSSR count). The maximum absolute atomic E-state index is 12.1. The predicted octanol–water partition coefficient (Wildman–Crippen LogP) is 3.79. The van der Waals surface area contributed by atoms with Crippen molar-refractivity contribution in [2.24, 2.45) is 0 Å². The van der Waals surface area contributed by atoms with Crippen LogP contribution in [0.1, 0.15) is 18.1 Å². The fraction of sp³-hybridized carbons (Fsp3) is 0.111. The summed E-state index contributed by atoms with van der Waals surface area (Å²) in [6.07, 6.45) is 2.53. The molecule has 0 heterocycles. The van der Waals surface area contributed by atoms with Gasteiger partial charge in [0, 0.05) is 5.69 Å². The van der Waals surface area contributed by atoms with E-state index in [0.29, 0.717) is 5.69 Å². The van der Waals surface area contributed by atoms with E-state index >= 15 is 0 Å². The highest BCUT2D eigenvalue weighted by molar-refractivity contribution is 6.09. The summed E-state index contributed by atoms with van der Waals surface area (Å²) in [5.41, 5.74) is 2.80. The molecule has 0 saturated carbocycles. The van der Waals surface area contributed by atoms with Crippen molar-refractivity contribution in [3.8, 4) is 6.07 Å². The second-order valence-electron chi connectivity index (χ2n) is 4.59. The van der Waals surface area contributed by atoms with Gasteiger partial charge in [-0.1, -0.05) is 49.4 Å². The first-order valence-corrected chi connectivity index (χ1v) is 6.80. The first kappa shape index (κ1) is 14.5. The Morgan fingerprint density at radius 2 is 1.81 bits per heavy atom. The summed E-state index contributed by atoms with van der Waals surface area (Å²) in [6, 6.07) is 18.9. The molecule has 0 saturated heterocycles. The third-order valence-electron chi connectivity index (χ3n) is 3.10. The molecule has 104 valence electrons. The molecule has 0 aliphatic heterocycles. The van der Waals surface area contributed by atoms with E-state index in [1.807, 2.05) is 60.7 Å². The van der Waals surface area contributed by atoms with Gasteiger partial charge in [0.05, 0.1) is 0 Å². The molecule has 2 aromatic rings. The summed E-state index contributed by atoms with van der Waals surface area (Å²) < 4.78 is 0. The zero-order chi connectivity index (χ0) is 15.1. The van der Waals surface area contributed by atoms with Gasteiger partial charge in [0.2, 0.25) is 0 Å². The van der Waals surface area contributed by atoms with Gasteiger partial charge in [-0.05, 0) is 35.8 Å². The van der Waals surface area contributed by atoms with Crippen molar-refractivity contribution in [2.75, 3.05) is 5.32 Å². The van der Waals surface area contributed by atoms with Crippen molar-refractivity contribution in [1.82, 2.24) is 0 Å². The van der Waals surface area contributed by atoms with Crippen LogP contribution < -0.4 is 5.32 Å². The molecule has 1 amide bonds. The van der Waals surface area contributed by atoms with Crippen molar-refractivity contribution in [3.05, 3.63) is 71.3 Å². The molecular weight excluding hydrogens is 260 g/mol. The molecule has 0 unspecified atom stereocenters. The molecule has 0 aliphatic carbocycles. The standard InChI is InChI=1S/C18H16N2O/c1-2-14-8-10-17(11-9-14)20-18(21)16(13-19)12-15-6-4-3-5-7-15/h3-12H,2H2,1H3,(H,20,21)/b16-12+. The van der Waals surface area contributed by atoms with Gasteiger partial charge in [-0.15, -0.1) is 0 Å². The van der Waals surface area contributed by atoms with Crippen LogP contribution in [-0.4, -0.2) is 5.91 Å². The highest BCUT2D eigenvalue weighted by Gasteiger charge is 2.09. The number of hydrogen-bond acceptors (Lipinski definition) is 2. The fourth-order valence-corrected chi connectivity index (χ4v) is 1.89. The van der Waals surface area contributed by atoms with Crippen LogP contribution in [-0.2, 0) is 11.2 Å². The second-order valence-corrected chi connectivity index (χ2v) is 4.59. The van der Waals surface area contributed by atoms with E-state index in [4.69, 9.17) is 5.26 Å². The summed E-state index contributed by atoms with van der Waals surface area (Å²) in [5, 5.41) is 11.9. The van der Waals surface area contributed by atoms with Crippen LogP contribution in [0.2, 0.25) is 0 Å². The normalized spacial score (nSPS) is 10.8. The van der Waals surface area contributed by atoms with Crippen molar-refractivity contribution >= 4 is 17.7 Å². The van der Waals surface area contributed by atoms with Gasteiger partial charge in [0.15, 0.2) is 0 Å². The number of amides is 1. The third-order valence-corrected chi connectivity index (χ3v) is 3.10. The van der Waals surface area contributed by atoms with Crippen LogP contribution in [0.25, 0.3) is 6.08 Å². The number of rotatable bonds is 4. The van der Waals surface area contributed by atoms with Gasteiger partial charge in [-0.2, -0.15) is 5.26 Å². The van der Waals surface area contributed by atoms with Crippen LogP contribution in [0, 0.1) is 11.3 Å². The molecular formula is C18H16N2O. The Kier molecular flexibility index (Phi) is 4.89. The zero-order valence-electron chi connectivity index (χ0n) is 11.8. The lowest BCUT2D eigenvalue weighted by Gasteiger charge is -2.05. The molecule has 1 N–H and O–H groups in total.